The van der Waals surface area contributed by atoms with Gasteiger partial charge in [-0.05, 0) is 34.7 Å². The third-order valence-corrected chi connectivity index (χ3v) is 6.12. The number of Topliss-reactive ketones (excluding diaryl/α,β-unsaturated/α-hetero) is 1. The summed E-state index contributed by atoms with van der Waals surface area (Å²) >= 11 is 1.27. The summed E-state index contributed by atoms with van der Waals surface area (Å²) in [5.41, 5.74) is 1.79. The fraction of sp³-hybridized carbons (Fsp3) is 0.200. The second-order valence-electron chi connectivity index (χ2n) is 7.31. The second-order valence-corrected chi connectivity index (χ2v) is 8.26. The SMILES string of the molecule is COCCN1C(=O)C(O)=C(C(=O)c2cccs2)C1c1cccc(OCc2ccccc2)c1. The molecule has 0 fully saturated rings. The van der Waals surface area contributed by atoms with Crippen LogP contribution in [0.2, 0.25) is 0 Å². The van der Waals surface area contributed by atoms with Crippen molar-refractivity contribution in [3.8, 4) is 5.75 Å². The number of nitrogens with zero attached hydrogens (tertiary/aromatic N) is 1. The Bertz CT molecular complexity index is 1120. The van der Waals surface area contributed by atoms with Crippen LogP contribution >= 0.6 is 11.3 Å². The number of carbonyl (C=O) groups is 2. The molecule has 0 radical (unpaired) electrons. The van der Waals surface area contributed by atoms with Crippen molar-refractivity contribution >= 4 is 23.0 Å². The maximum absolute atomic E-state index is 13.2. The molecule has 7 heteroatoms. The van der Waals surface area contributed by atoms with E-state index >= 15 is 0 Å². The zero-order valence-electron chi connectivity index (χ0n) is 17.6. The number of methoxy groups -OCH3 is 1. The minimum absolute atomic E-state index is 0.0776. The molecule has 32 heavy (non-hydrogen) atoms. The van der Waals surface area contributed by atoms with Gasteiger partial charge in [-0.15, -0.1) is 11.3 Å². The van der Waals surface area contributed by atoms with Gasteiger partial charge in [0.05, 0.1) is 23.1 Å². The van der Waals surface area contributed by atoms with E-state index in [1.54, 1.807) is 30.7 Å². The van der Waals surface area contributed by atoms with Crippen molar-refractivity contribution in [3.63, 3.8) is 0 Å². The summed E-state index contributed by atoms with van der Waals surface area (Å²) in [6.45, 7) is 0.907. The normalized spacial score (nSPS) is 16.0. The van der Waals surface area contributed by atoms with Crippen LogP contribution in [0.1, 0.15) is 26.8 Å². The number of hydrogen-bond acceptors (Lipinski definition) is 6. The average Bonchev–Trinajstić information content (AvgIpc) is 3.45. The van der Waals surface area contributed by atoms with E-state index in [2.05, 4.69) is 0 Å². The topological polar surface area (TPSA) is 76.1 Å². The number of ether oxygens (including phenoxy) is 2. The number of rotatable bonds is 9. The first kappa shape index (κ1) is 21.8. The molecule has 1 N–H and O–H groups in total. The predicted molar refractivity (Wildman–Crippen MR) is 122 cm³/mol. The van der Waals surface area contributed by atoms with Crippen LogP contribution in [-0.4, -0.2) is 42.0 Å². The molecule has 0 bridgehead atoms. The summed E-state index contributed by atoms with van der Waals surface area (Å²) in [4.78, 5) is 28.0. The first-order valence-electron chi connectivity index (χ1n) is 10.2. The third kappa shape index (κ3) is 4.44. The number of benzene rings is 2. The van der Waals surface area contributed by atoms with Crippen molar-refractivity contribution in [2.75, 3.05) is 20.3 Å². The van der Waals surface area contributed by atoms with Crippen LogP contribution in [0.4, 0.5) is 0 Å². The Hall–Kier alpha value is -3.42. The van der Waals surface area contributed by atoms with Gasteiger partial charge in [-0.25, -0.2) is 0 Å². The molecule has 6 nitrogen and oxygen atoms in total. The molecule has 0 saturated carbocycles. The van der Waals surface area contributed by atoms with E-state index in [0.717, 1.165) is 5.56 Å². The highest BCUT2D eigenvalue weighted by molar-refractivity contribution is 7.12. The summed E-state index contributed by atoms with van der Waals surface area (Å²) in [7, 11) is 1.54. The molecule has 2 aromatic carbocycles. The van der Waals surface area contributed by atoms with Crippen LogP contribution in [0.15, 0.2) is 83.4 Å². The molecule has 1 amide bonds. The van der Waals surface area contributed by atoms with E-state index in [1.807, 2.05) is 48.5 Å². The lowest BCUT2D eigenvalue weighted by Crippen LogP contribution is -2.34. The summed E-state index contributed by atoms with van der Waals surface area (Å²) in [6.07, 6.45) is 0. The zero-order valence-corrected chi connectivity index (χ0v) is 18.4. The van der Waals surface area contributed by atoms with Gasteiger partial charge in [0.15, 0.2) is 5.76 Å². The highest BCUT2D eigenvalue weighted by Crippen LogP contribution is 2.40. The summed E-state index contributed by atoms with van der Waals surface area (Å²) in [6, 6.07) is 19.8. The Balaban J connectivity index is 1.67. The number of carbonyl (C=O) groups excluding carboxylic acids is 2. The van der Waals surface area contributed by atoms with Crippen molar-refractivity contribution < 1.29 is 24.2 Å². The lowest BCUT2D eigenvalue weighted by atomic mass is 9.95. The standard InChI is InChI=1S/C25H23NO5S/c1-30-13-12-26-22(21(24(28)25(26)29)23(27)20-11-6-14-32-20)18-9-5-10-19(15-18)31-16-17-7-3-2-4-8-17/h2-11,14-15,22,28H,12-13,16H2,1H3. The average molecular weight is 450 g/mol. The van der Waals surface area contributed by atoms with Crippen LogP contribution < -0.4 is 4.74 Å². The van der Waals surface area contributed by atoms with E-state index in [9.17, 15) is 14.7 Å². The van der Waals surface area contributed by atoms with Crippen LogP contribution in [0.3, 0.4) is 0 Å². The fourth-order valence-corrected chi connectivity index (χ4v) is 4.39. The molecule has 1 aliphatic heterocycles. The van der Waals surface area contributed by atoms with Crippen LogP contribution in [0, 0.1) is 0 Å². The molecule has 3 aromatic rings. The van der Waals surface area contributed by atoms with Crippen molar-refractivity contribution in [2.24, 2.45) is 0 Å². The Morgan fingerprint density at radius 3 is 2.62 bits per heavy atom. The van der Waals surface area contributed by atoms with E-state index in [-0.39, 0.29) is 24.5 Å². The smallest absolute Gasteiger partial charge is 0.290 e. The second kappa shape index (κ2) is 9.80. The highest BCUT2D eigenvalue weighted by Gasteiger charge is 2.43. The lowest BCUT2D eigenvalue weighted by Gasteiger charge is -2.26. The van der Waals surface area contributed by atoms with Crippen molar-refractivity contribution in [1.29, 1.82) is 0 Å². The number of ketones is 1. The molecule has 0 saturated heterocycles. The van der Waals surface area contributed by atoms with E-state index in [4.69, 9.17) is 9.47 Å². The summed E-state index contributed by atoms with van der Waals surface area (Å²) in [5.74, 6) is -0.839. The quantitative estimate of drug-likeness (QED) is 0.485. The Kier molecular flexibility index (Phi) is 6.68. The third-order valence-electron chi connectivity index (χ3n) is 5.25. The molecule has 4 rings (SSSR count). The van der Waals surface area contributed by atoms with Gasteiger partial charge in [-0.3, -0.25) is 9.59 Å². The Labute approximate surface area is 190 Å². The van der Waals surface area contributed by atoms with Crippen molar-refractivity contribution in [3.05, 3.63) is 99.4 Å². The van der Waals surface area contributed by atoms with Gasteiger partial charge >= 0.3 is 0 Å². The van der Waals surface area contributed by atoms with Crippen LogP contribution in [0.25, 0.3) is 0 Å². The summed E-state index contributed by atoms with van der Waals surface area (Å²) in [5, 5.41) is 12.4. The maximum Gasteiger partial charge on any atom is 0.290 e. The maximum atomic E-state index is 13.2. The monoisotopic (exact) mass is 449 g/mol. The Morgan fingerprint density at radius 1 is 1.09 bits per heavy atom. The van der Waals surface area contributed by atoms with Gasteiger partial charge in [0, 0.05) is 13.7 Å². The van der Waals surface area contributed by atoms with E-state index in [0.29, 0.717) is 22.8 Å². The molecular formula is C25H23NO5S. The fourth-order valence-electron chi connectivity index (χ4n) is 3.71. The van der Waals surface area contributed by atoms with Gasteiger partial charge < -0.3 is 19.5 Å². The number of thiophene rings is 1. The zero-order chi connectivity index (χ0) is 22.5. The molecule has 1 atom stereocenters. The van der Waals surface area contributed by atoms with Crippen molar-refractivity contribution in [1.82, 2.24) is 4.90 Å². The van der Waals surface area contributed by atoms with E-state index < -0.39 is 17.7 Å². The number of aliphatic hydroxyl groups is 1. The number of amides is 1. The van der Waals surface area contributed by atoms with Crippen LogP contribution in [-0.2, 0) is 16.1 Å². The number of aliphatic hydroxyl groups excluding tert-OH is 1. The highest BCUT2D eigenvalue weighted by atomic mass is 32.1. The van der Waals surface area contributed by atoms with Gasteiger partial charge in [-0.1, -0.05) is 48.5 Å². The Morgan fingerprint density at radius 2 is 1.91 bits per heavy atom. The van der Waals surface area contributed by atoms with Crippen LogP contribution in [0.5, 0.6) is 5.75 Å². The van der Waals surface area contributed by atoms with Crippen molar-refractivity contribution in [2.45, 2.75) is 12.6 Å². The first-order chi connectivity index (χ1) is 15.6. The number of hydrogen-bond donors (Lipinski definition) is 1. The molecule has 164 valence electrons. The molecule has 0 spiro atoms. The van der Waals surface area contributed by atoms with Gasteiger partial charge in [-0.2, -0.15) is 0 Å². The van der Waals surface area contributed by atoms with Gasteiger partial charge in [0.25, 0.3) is 5.91 Å². The minimum atomic E-state index is -0.729. The molecule has 1 unspecified atom stereocenters. The minimum Gasteiger partial charge on any atom is -0.503 e. The van der Waals surface area contributed by atoms with Gasteiger partial charge in [0.1, 0.15) is 12.4 Å². The molecular weight excluding hydrogens is 426 g/mol. The molecule has 2 heterocycles. The lowest BCUT2D eigenvalue weighted by molar-refractivity contribution is -0.130. The summed E-state index contributed by atoms with van der Waals surface area (Å²) < 4.78 is 11.1. The predicted octanol–water partition coefficient (Wildman–Crippen LogP) is 4.55. The molecule has 1 aromatic heterocycles. The largest absolute Gasteiger partial charge is 0.503 e. The first-order valence-corrected chi connectivity index (χ1v) is 11.1. The van der Waals surface area contributed by atoms with Gasteiger partial charge in [0.2, 0.25) is 5.78 Å². The van der Waals surface area contributed by atoms with E-state index in [1.165, 1.54) is 16.2 Å². The molecule has 1 aliphatic rings. The molecule has 0 aliphatic carbocycles.